The molecule has 0 radical (unpaired) electrons. The minimum atomic E-state index is -0.229. The SMILES string of the molecule is CC(C)(C)C1CNC2CC1(C1=CNNC=c3[nH]c4c(c31)CC=CC=4)O2. The van der Waals surface area contributed by atoms with Gasteiger partial charge in [0.2, 0.25) is 0 Å². The average molecular weight is 338 g/mol. The van der Waals surface area contributed by atoms with Crippen LogP contribution in [0.25, 0.3) is 17.8 Å². The molecule has 5 aliphatic rings. The topological polar surface area (TPSA) is 61.1 Å². The van der Waals surface area contributed by atoms with Crippen LogP contribution in [0.3, 0.4) is 0 Å². The molecule has 3 unspecified atom stereocenters. The van der Waals surface area contributed by atoms with Crippen molar-refractivity contribution < 1.29 is 4.74 Å². The lowest BCUT2D eigenvalue weighted by Crippen LogP contribution is -2.71. The number of ether oxygens (including phenoxy) is 1. The van der Waals surface area contributed by atoms with Crippen molar-refractivity contribution in [3.63, 3.8) is 0 Å². The lowest BCUT2D eigenvalue weighted by atomic mass is 9.61. The lowest BCUT2D eigenvalue weighted by Gasteiger charge is -2.61. The van der Waals surface area contributed by atoms with Crippen molar-refractivity contribution in [2.75, 3.05) is 6.54 Å². The molecule has 3 atom stereocenters. The van der Waals surface area contributed by atoms with E-state index in [1.165, 1.54) is 22.0 Å². The predicted molar refractivity (Wildman–Crippen MR) is 99.2 cm³/mol. The molecule has 0 aromatic carbocycles. The van der Waals surface area contributed by atoms with Gasteiger partial charge in [0.05, 0.1) is 5.35 Å². The van der Waals surface area contributed by atoms with Gasteiger partial charge in [0.15, 0.2) is 0 Å². The molecule has 4 N–H and O–H groups in total. The van der Waals surface area contributed by atoms with E-state index in [0.717, 1.165) is 24.7 Å². The maximum absolute atomic E-state index is 6.51. The van der Waals surface area contributed by atoms with Gasteiger partial charge in [-0.15, -0.1) is 0 Å². The van der Waals surface area contributed by atoms with Gasteiger partial charge in [-0.1, -0.05) is 32.9 Å². The highest BCUT2D eigenvalue weighted by molar-refractivity contribution is 5.78. The maximum Gasteiger partial charge on any atom is 0.112 e. The lowest BCUT2D eigenvalue weighted by molar-refractivity contribution is -0.255. The standard InChI is InChI=1S/C20H26N4O/c1-19(2,3)16-11-21-17-8-20(16,25-17)13-9-22-23-10-15-18(13)12-6-4-5-7-14(12)24-15/h4-5,7,9-10,16-17,21-24H,6,8,11H2,1-3H3. The van der Waals surface area contributed by atoms with Crippen LogP contribution in [0.1, 0.15) is 38.3 Å². The second kappa shape index (κ2) is 5.02. The van der Waals surface area contributed by atoms with E-state index in [9.17, 15) is 0 Å². The highest BCUT2D eigenvalue weighted by atomic mass is 16.6. The molecule has 3 saturated heterocycles. The maximum atomic E-state index is 6.51. The highest BCUT2D eigenvalue weighted by Gasteiger charge is 2.60. The van der Waals surface area contributed by atoms with E-state index in [0.29, 0.717) is 5.92 Å². The Morgan fingerprint density at radius 1 is 1.16 bits per heavy atom. The molecule has 4 aliphatic heterocycles. The monoisotopic (exact) mass is 338 g/mol. The van der Waals surface area contributed by atoms with Crippen molar-refractivity contribution in [1.29, 1.82) is 0 Å². The first kappa shape index (κ1) is 15.3. The van der Waals surface area contributed by atoms with E-state index in [-0.39, 0.29) is 17.2 Å². The van der Waals surface area contributed by atoms with Crippen LogP contribution >= 0.6 is 0 Å². The third kappa shape index (κ3) is 2.09. The zero-order valence-electron chi connectivity index (χ0n) is 15.1. The molecule has 1 aromatic rings. The van der Waals surface area contributed by atoms with Crippen LogP contribution in [0.2, 0.25) is 0 Å². The number of hydrogen-bond acceptors (Lipinski definition) is 4. The van der Waals surface area contributed by atoms with E-state index < -0.39 is 0 Å². The fourth-order valence-electron chi connectivity index (χ4n) is 4.97. The van der Waals surface area contributed by atoms with Crippen LogP contribution < -0.4 is 26.9 Å². The summed E-state index contributed by atoms with van der Waals surface area (Å²) in [4.78, 5) is 3.57. The number of hydrazine groups is 1. The van der Waals surface area contributed by atoms with Crippen LogP contribution in [0.5, 0.6) is 0 Å². The number of allylic oxidation sites excluding steroid dienone is 2. The third-order valence-corrected chi connectivity index (χ3v) is 6.13. The molecule has 25 heavy (non-hydrogen) atoms. The van der Waals surface area contributed by atoms with Crippen LogP contribution in [0.15, 0.2) is 18.4 Å². The normalized spacial score (nSPS) is 32.5. The minimum absolute atomic E-state index is 0.158. The quantitative estimate of drug-likeness (QED) is 0.613. The van der Waals surface area contributed by atoms with Crippen molar-refractivity contribution in [1.82, 2.24) is 21.2 Å². The van der Waals surface area contributed by atoms with E-state index in [1.807, 2.05) is 6.20 Å². The van der Waals surface area contributed by atoms with Crippen LogP contribution in [0, 0.1) is 11.3 Å². The van der Waals surface area contributed by atoms with Crippen molar-refractivity contribution in [2.24, 2.45) is 11.3 Å². The Bertz CT molecular complexity index is 893. The summed E-state index contributed by atoms with van der Waals surface area (Å²) in [6.45, 7) is 7.96. The molecule has 1 aliphatic carbocycles. The molecule has 0 spiro atoms. The Morgan fingerprint density at radius 2 is 1.96 bits per heavy atom. The molecule has 0 amide bonds. The molecule has 3 fully saturated rings. The zero-order chi connectivity index (χ0) is 17.2. The number of piperidine rings is 1. The number of fused-ring (bicyclic) bond motifs is 5. The second-order valence-electron chi connectivity index (χ2n) is 8.62. The molecular weight excluding hydrogens is 312 g/mol. The fourth-order valence-corrected chi connectivity index (χ4v) is 4.97. The first-order chi connectivity index (χ1) is 12.0. The van der Waals surface area contributed by atoms with Crippen molar-refractivity contribution in [3.05, 3.63) is 40.2 Å². The summed E-state index contributed by atoms with van der Waals surface area (Å²) >= 11 is 0. The Morgan fingerprint density at radius 3 is 2.76 bits per heavy atom. The molecule has 5 nitrogen and oxygen atoms in total. The summed E-state index contributed by atoms with van der Waals surface area (Å²) in [7, 11) is 0. The highest BCUT2D eigenvalue weighted by Crippen LogP contribution is 2.55. The number of aromatic amines is 1. The Hall–Kier alpha value is -1.98. The summed E-state index contributed by atoms with van der Waals surface area (Å²) in [6, 6.07) is 0. The number of H-pyrrole nitrogens is 1. The van der Waals surface area contributed by atoms with Crippen molar-refractivity contribution >= 4 is 17.8 Å². The number of rotatable bonds is 1. The summed E-state index contributed by atoms with van der Waals surface area (Å²) in [5.41, 5.74) is 10.3. The summed E-state index contributed by atoms with van der Waals surface area (Å²) in [5, 5.41) is 5.89. The Kier molecular flexibility index (Phi) is 3.07. The summed E-state index contributed by atoms with van der Waals surface area (Å²) < 4.78 is 6.51. The number of nitrogens with one attached hydrogen (secondary N) is 4. The molecule has 1 aromatic heterocycles. The first-order valence-corrected chi connectivity index (χ1v) is 9.20. The Labute approximate surface area is 147 Å². The van der Waals surface area contributed by atoms with Crippen LogP contribution in [0.4, 0.5) is 0 Å². The summed E-state index contributed by atoms with van der Waals surface area (Å²) in [5.74, 6) is 0.415. The van der Waals surface area contributed by atoms with Gasteiger partial charge in [-0.25, -0.2) is 0 Å². The smallest absolute Gasteiger partial charge is 0.112 e. The number of hydrogen-bond donors (Lipinski definition) is 4. The molecule has 132 valence electrons. The third-order valence-electron chi connectivity index (χ3n) is 6.13. The van der Waals surface area contributed by atoms with Gasteiger partial charge in [0.25, 0.3) is 0 Å². The largest absolute Gasteiger partial charge is 0.354 e. The van der Waals surface area contributed by atoms with E-state index >= 15 is 0 Å². The van der Waals surface area contributed by atoms with E-state index in [1.54, 1.807) is 0 Å². The molecule has 5 heterocycles. The number of aromatic nitrogens is 1. The molecule has 6 rings (SSSR count). The summed E-state index contributed by atoms with van der Waals surface area (Å²) in [6.07, 6.45) is 12.8. The van der Waals surface area contributed by atoms with Gasteiger partial charge in [-0.05, 0) is 23.5 Å². The van der Waals surface area contributed by atoms with Gasteiger partial charge >= 0.3 is 0 Å². The van der Waals surface area contributed by atoms with Crippen molar-refractivity contribution in [2.45, 2.75) is 45.4 Å². The van der Waals surface area contributed by atoms with Crippen LogP contribution in [-0.4, -0.2) is 23.4 Å². The molecule has 5 heteroatoms. The van der Waals surface area contributed by atoms with E-state index in [2.05, 4.69) is 66.4 Å². The molecule has 2 bridgehead atoms. The Balaban J connectivity index is 1.71. The zero-order valence-corrected chi connectivity index (χ0v) is 15.1. The molecular formula is C20H26N4O. The first-order valence-electron chi connectivity index (χ1n) is 9.20. The van der Waals surface area contributed by atoms with Gasteiger partial charge < -0.3 is 20.6 Å². The molecule has 0 saturated carbocycles. The van der Waals surface area contributed by atoms with Gasteiger partial charge in [0.1, 0.15) is 11.8 Å². The van der Waals surface area contributed by atoms with E-state index in [4.69, 9.17) is 4.74 Å². The van der Waals surface area contributed by atoms with Gasteiger partial charge in [0, 0.05) is 47.8 Å². The van der Waals surface area contributed by atoms with Crippen molar-refractivity contribution in [3.8, 4) is 0 Å². The minimum Gasteiger partial charge on any atom is -0.354 e. The second-order valence-corrected chi connectivity index (χ2v) is 8.62. The van der Waals surface area contributed by atoms with Crippen LogP contribution in [-0.2, 0) is 11.2 Å². The fraction of sp³-hybridized carbons (Fsp3) is 0.500. The van der Waals surface area contributed by atoms with Gasteiger partial charge in [-0.2, -0.15) is 0 Å². The predicted octanol–water partition coefficient (Wildman–Crippen LogP) is 0.845. The van der Waals surface area contributed by atoms with Gasteiger partial charge in [-0.3, -0.25) is 5.32 Å². The average Bonchev–Trinajstić information content (AvgIpc) is 2.78.